The van der Waals surface area contributed by atoms with E-state index in [4.69, 9.17) is 0 Å². The molecule has 0 amide bonds. The van der Waals surface area contributed by atoms with Gasteiger partial charge in [-0.1, -0.05) is 19.1 Å². The van der Waals surface area contributed by atoms with Gasteiger partial charge in [-0.25, -0.2) is 0 Å². The number of benzene rings is 1. The third-order valence-corrected chi connectivity index (χ3v) is 3.89. The molecule has 0 radical (unpaired) electrons. The molecule has 1 unspecified atom stereocenters. The van der Waals surface area contributed by atoms with Gasteiger partial charge in [0, 0.05) is 30.6 Å². The van der Waals surface area contributed by atoms with Gasteiger partial charge in [0.25, 0.3) is 0 Å². The van der Waals surface area contributed by atoms with Crippen molar-refractivity contribution >= 4 is 11.8 Å². The molecular weight excluding hydrogens is 254 g/mol. The number of thioether (sulfide) groups is 1. The number of nitrogens with zero attached hydrogens (tertiary/aromatic N) is 2. The molecule has 0 aliphatic carbocycles. The molecule has 0 spiro atoms. The smallest absolute Gasteiger partial charge is 0.0643 e. The summed E-state index contributed by atoms with van der Waals surface area (Å²) in [5, 5.41) is 8.00. The first kappa shape index (κ1) is 14.2. The third kappa shape index (κ3) is 3.85. The Morgan fingerprint density at radius 1 is 1.26 bits per heavy atom. The maximum atomic E-state index is 4.46. The minimum absolute atomic E-state index is 0.329. The second-order valence-electron chi connectivity index (χ2n) is 4.57. The Bertz CT molecular complexity index is 504. The molecule has 1 N–H and O–H groups in total. The van der Waals surface area contributed by atoms with Crippen molar-refractivity contribution in [2.45, 2.75) is 24.3 Å². The zero-order valence-electron chi connectivity index (χ0n) is 11.8. The molecule has 4 heteroatoms. The summed E-state index contributed by atoms with van der Waals surface area (Å²) in [6.07, 6.45) is 5.02. The quantitative estimate of drug-likeness (QED) is 0.822. The number of aromatic nitrogens is 2. The van der Waals surface area contributed by atoms with Crippen LogP contribution in [0.15, 0.2) is 41.4 Å². The summed E-state index contributed by atoms with van der Waals surface area (Å²) in [6, 6.07) is 11.2. The van der Waals surface area contributed by atoms with Crippen LogP contribution in [0, 0.1) is 0 Å². The highest BCUT2D eigenvalue weighted by Gasteiger charge is 2.12. The standard InChI is InChI=1S/C15H21N3S/c1-4-16-15(11-13-9-10-18(2)17-13)12-5-7-14(19-3)8-6-12/h5-10,15-16H,4,11H2,1-3H3. The molecule has 1 aromatic heterocycles. The lowest BCUT2D eigenvalue weighted by atomic mass is 10.0. The second-order valence-corrected chi connectivity index (χ2v) is 5.45. The van der Waals surface area contributed by atoms with Crippen LogP contribution in [0.3, 0.4) is 0 Å². The Balaban J connectivity index is 2.13. The third-order valence-electron chi connectivity index (χ3n) is 3.15. The molecule has 19 heavy (non-hydrogen) atoms. The molecule has 0 saturated carbocycles. The minimum atomic E-state index is 0.329. The zero-order valence-corrected chi connectivity index (χ0v) is 12.6. The van der Waals surface area contributed by atoms with E-state index in [0.717, 1.165) is 18.7 Å². The molecule has 102 valence electrons. The van der Waals surface area contributed by atoms with Gasteiger partial charge in [0.2, 0.25) is 0 Å². The van der Waals surface area contributed by atoms with Gasteiger partial charge >= 0.3 is 0 Å². The van der Waals surface area contributed by atoms with E-state index >= 15 is 0 Å². The fraction of sp³-hybridized carbons (Fsp3) is 0.400. The molecule has 0 fully saturated rings. The molecule has 0 bridgehead atoms. The van der Waals surface area contributed by atoms with Gasteiger partial charge in [0.15, 0.2) is 0 Å². The lowest BCUT2D eigenvalue weighted by Crippen LogP contribution is -2.23. The monoisotopic (exact) mass is 275 g/mol. The summed E-state index contributed by atoms with van der Waals surface area (Å²) in [4.78, 5) is 1.30. The Labute approximate surface area is 119 Å². The van der Waals surface area contributed by atoms with Crippen LogP contribution in [0.4, 0.5) is 0 Å². The van der Waals surface area contributed by atoms with E-state index in [9.17, 15) is 0 Å². The van der Waals surface area contributed by atoms with Crippen LogP contribution in [0.1, 0.15) is 24.2 Å². The van der Waals surface area contributed by atoms with Crippen LogP contribution in [-0.4, -0.2) is 22.6 Å². The molecule has 0 aliphatic heterocycles. The van der Waals surface area contributed by atoms with Crippen molar-refractivity contribution in [2.24, 2.45) is 7.05 Å². The first-order chi connectivity index (χ1) is 9.22. The number of aryl methyl sites for hydroxylation is 1. The molecule has 2 aromatic rings. The first-order valence-corrected chi connectivity index (χ1v) is 7.81. The maximum absolute atomic E-state index is 4.46. The second kappa shape index (κ2) is 6.78. The lowest BCUT2D eigenvalue weighted by Gasteiger charge is -2.17. The van der Waals surface area contributed by atoms with Gasteiger partial charge < -0.3 is 5.32 Å². The average Bonchev–Trinajstić information content (AvgIpc) is 2.84. The van der Waals surface area contributed by atoms with E-state index < -0.39 is 0 Å². The Morgan fingerprint density at radius 3 is 2.53 bits per heavy atom. The largest absolute Gasteiger partial charge is 0.310 e. The van der Waals surface area contributed by atoms with E-state index in [2.05, 4.69) is 53.9 Å². The van der Waals surface area contributed by atoms with Crippen molar-refractivity contribution in [2.75, 3.05) is 12.8 Å². The molecular formula is C15H21N3S. The van der Waals surface area contributed by atoms with Crippen molar-refractivity contribution in [1.29, 1.82) is 0 Å². The van der Waals surface area contributed by atoms with Crippen LogP contribution in [0.5, 0.6) is 0 Å². The highest BCUT2D eigenvalue weighted by molar-refractivity contribution is 7.98. The predicted molar refractivity (Wildman–Crippen MR) is 81.6 cm³/mol. The van der Waals surface area contributed by atoms with Crippen LogP contribution < -0.4 is 5.32 Å². The van der Waals surface area contributed by atoms with Crippen molar-refractivity contribution in [3.05, 3.63) is 47.8 Å². The Hall–Kier alpha value is -1.26. The van der Waals surface area contributed by atoms with E-state index in [0.29, 0.717) is 6.04 Å². The van der Waals surface area contributed by atoms with Crippen molar-refractivity contribution in [3.63, 3.8) is 0 Å². The Morgan fingerprint density at radius 2 is 2.00 bits per heavy atom. The van der Waals surface area contributed by atoms with E-state index in [1.54, 1.807) is 11.8 Å². The van der Waals surface area contributed by atoms with Gasteiger partial charge in [0.1, 0.15) is 0 Å². The highest BCUT2D eigenvalue weighted by atomic mass is 32.2. The average molecular weight is 275 g/mol. The van der Waals surface area contributed by atoms with Gasteiger partial charge in [-0.15, -0.1) is 11.8 Å². The molecule has 1 atom stereocenters. The number of hydrogen-bond donors (Lipinski definition) is 1. The molecule has 1 heterocycles. The first-order valence-electron chi connectivity index (χ1n) is 6.58. The zero-order chi connectivity index (χ0) is 13.7. The van der Waals surface area contributed by atoms with Gasteiger partial charge in [-0.2, -0.15) is 5.10 Å². The Kier molecular flexibility index (Phi) is 5.05. The van der Waals surface area contributed by atoms with Crippen molar-refractivity contribution in [1.82, 2.24) is 15.1 Å². The fourth-order valence-corrected chi connectivity index (χ4v) is 2.58. The molecule has 0 saturated heterocycles. The fourth-order valence-electron chi connectivity index (χ4n) is 2.17. The number of hydrogen-bond acceptors (Lipinski definition) is 3. The summed E-state index contributed by atoms with van der Waals surface area (Å²) in [7, 11) is 1.96. The molecule has 1 aromatic carbocycles. The number of likely N-dealkylation sites (N-methyl/N-ethyl adjacent to an activating group) is 1. The van der Waals surface area contributed by atoms with Gasteiger partial charge in [0.05, 0.1) is 5.69 Å². The summed E-state index contributed by atoms with van der Waals surface area (Å²) in [6.45, 7) is 3.10. The molecule has 2 rings (SSSR count). The number of nitrogens with one attached hydrogen (secondary N) is 1. The van der Waals surface area contributed by atoms with Gasteiger partial charge in [-0.3, -0.25) is 4.68 Å². The van der Waals surface area contributed by atoms with Crippen LogP contribution in [-0.2, 0) is 13.5 Å². The normalized spacial score (nSPS) is 12.6. The summed E-state index contributed by atoms with van der Waals surface area (Å²) in [5.41, 5.74) is 2.45. The SMILES string of the molecule is CCNC(Cc1ccn(C)n1)c1ccc(SC)cc1. The summed E-state index contributed by atoms with van der Waals surface area (Å²) in [5.74, 6) is 0. The minimum Gasteiger partial charge on any atom is -0.310 e. The van der Waals surface area contributed by atoms with Crippen molar-refractivity contribution in [3.8, 4) is 0 Å². The van der Waals surface area contributed by atoms with Gasteiger partial charge in [-0.05, 0) is 36.6 Å². The maximum Gasteiger partial charge on any atom is 0.0643 e. The highest BCUT2D eigenvalue weighted by Crippen LogP contribution is 2.21. The predicted octanol–water partition coefficient (Wildman–Crippen LogP) is 3.04. The molecule has 0 aliphatic rings. The van der Waals surface area contributed by atoms with Crippen molar-refractivity contribution < 1.29 is 0 Å². The van der Waals surface area contributed by atoms with E-state index in [-0.39, 0.29) is 0 Å². The van der Waals surface area contributed by atoms with Crippen LogP contribution in [0.25, 0.3) is 0 Å². The summed E-state index contributed by atoms with van der Waals surface area (Å²) >= 11 is 1.77. The summed E-state index contributed by atoms with van der Waals surface area (Å²) < 4.78 is 1.86. The van der Waals surface area contributed by atoms with E-state index in [1.807, 2.05) is 17.9 Å². The number of rotatable bonds is 6. The van der Waals surface area contributed by atoms with E-state index in [1.165, 1.54) is 10.5 Å². The topological polar surface area (TPSA) is 29.9 Å². The van der Waals surface area contributed by atoms with Crippen LogP contribution >= 0.6 is 11.8 Å². The lowest BCUT2D eigenvalue weighted by molar-refractivity contribution is 0.539. The molecule has 3 nitrogen and oxygen atoms in total. The van der Waals surface area contributed by atoms with Crippen LogP contribution in [0.2, 0.25) is 0 Å².